The Bertz CT molecular complexity index is 990. The topological polar surface area (TPSA) is 90.9 Å². The fourth-order valence-corrected chi connectivity index (χ4v) is 3.59. The third kappa shape index (κ3) is 7.01. The van der Waals surface area contributed by atoms with Crippen LogP contribution in [0.4, 0.5) is 5.69 Å². The molecular weight excluding hydrogens is 493 g/mol. The number of hydrogen-bond donors (Lipinski definition) is 1. The highest BCUT2D eigenvalue weighted by Gasteiger charge is 2.36. The smallest absolute Gasteiger partial charge is 0.341 e. The lowest BCUT2D eigenvalue weighted by atomic mass is 9.93. The average Bonchev–Trinajstić information content (AvgIpc) is 3.06. The summed E-state index contributed by atoms with van der Waals surface area (Å²) in [6, 6.07) is 0. The van der Waals surface area contributed by atoms with E-state index in [1.54, 1.807) is 0 Å². The minimum absolute atomic E-state index is 0.0536. The van der Waals surface area contributed by atoms with E-state index in [4.69, 9.17) is 49.0 Å². The quantitative estimate of drug-likeness (QED) is 0.286. The Kier molecular flexibility index (Phi) is 8.71. The zero-order valence-electron chi connectivity index (χ0n) is 19.5. The van der Waals surface area contributed by atoms with Crippen molar-refractivity contribution >= 4 is 58.3 Å². The van der Waals surface area contributed by atoms with Gasteiger partial charge in [0.2, 0.25) is 0 Å². The van der Waals surface area contributed by atoms with Crippen LogP contribution in [0.2, 0.25) is 0 Å². The van der Waals surface area contributed by atoms with E-state index in [-0.39, 0.29) is 30.2 Å². The molecule has 1 aromatic carbocycles. The SMILES string of the molecule is COc1c(C)c2c(c(NC(=O)C(Cl)(Cl)Cl)c1CC=C(C)CCC(=O)OC(C)(C)C)C(=O)OC2. The molecule has 1 N–H and O–H groups in total. The zero-order chi connectivity index (χ0) is 25.1. The molecule has 0 aromatic heterocycles. The minimum Gasteiger partial charge on any atom is -0.496 e. The number of benzene rings is 1. The van der Waals surface area contributed by atoms with Crippen LogP contribution in [0.5, 0.6) is 5.75 Å². The molecule has 10 heteroatoms. The van der Waals surface area contributed by atoms with Gasteiger partial charge in [0.25, 0.3) is 9.70 Å². The number of amides is 1. The first-order valence-corrected chi connectivity index (χ1v) is 11.4. The number of esters is 2. The van der Waals surface area contributed by atoms with Crippen molar-refractivity contribution < 1.29 is 28.6 Å². The van der Waals surface area contributed by atoms with Crippen molar-refractivity contribution in [2.75, 3.05) is 12.4 Å². The van der Waals surface area contributed by atoms with E-state index >= 15 is 0 Å². The second-order valence-corrected chi connectivity index (χ2v) is 11.0. The lowest BCUT2D eigenvalue weighted by Crippen LogP contribution is -2.28. The van der Waals surface area contributed by atoms with E-state index in [0.29, 0.717) is 29.7 Å². The van der Waals surface area contributed by atoms with Crippen LogP contribution in [0.25, 0.3) is 0 Å². The van der Waals surface area contributed by atoms with Crippen molar-refractivity contribution in [3.8, 4) is 5.75 Å². The van der Waals surface area contributed by atoms with E-state index < -0.39 is 21.3 Å². The second-order valence-electron chi connectivity index (χ2n) is 8.73. The first-order chi connectivity index (χ1) is 15.2. The number of fused-ring (bicyclic) bond motifs is 1. The molecule has 1 amide bonds. The van der Waals surface area contributed by atoms with E-state index in [0.717, 1.165) is 11.1 Å². The van der Waals surface area contributed by atoms with Crippen molar-refractivity contribution in [2.24, 2.45) is 0 Å². The highest BCUT2D eigenvalue weighted by Crippen LogP contribution is 2.42. The molecule has 0 spiro atoms. The molecule has 182 valence electrons. The molecule has 2 rings (SSSR count). The summed E-state index contributed by atoms with van der Waals surface area (Å²) in [6.07, 6.45) is 2.89. The minimum atomic E-state index is -2.23. The molecule has 0 aliphatic carbocycles. The van der Waals surface area contributed by atoms with Crippen LogP contribution in [0.3, 0.4) is 0 Å². The normalized spacial score (nSPS) is 14.0. The summed E-state index contributed by atoms with van der Waals surface area (Å²) in [7, 11) is 1.50. The number of alkyl halides is 3. The van der Waals surface area contributed by atoms with Crippen LogP contribution in [0.1, 0.15) is 67.6 Å². The van der Waals surface area contributed by atoms with E-state index in [1.165, 1.54) is 7.11 Å². The largest absolute Gasteiger partial charge is 0.496 e. The van der Waals surface area contributed by atoms with Gasteiger partial charge in [-0.3, -0.25) is 9.59 Å². The highest BCUT2D eigenvalue weighted by molar-refractivity contribution is 6.76. The number of methoxy groups -OCH3 is 1. The Morgan fingerprint density at radius 3 is 2.36 bits per heavy atom. The van der Waals surface area contributed by atoms with E-state index in [9.17, 15) is 14.4 Å². The van der Waals surface area contributed by atoms with Gasteiger partial charge in [-0.2, -0.15) is 0 Å². The van der Waals surface area contributed by atoms with Gasteiger partial charge in [-0.25, -0.2) is 4.79 Å². The lowest BCUT2D eigenvalue weighted by molar-refractivity contribution is -0.154. The Balaban J connectivity index is 2.40. The number of rotatable bonds is 7. The summed E-state index contributed by atoms with van der Waals surface area (Å²) in [5.74, 6) is -1.29. The molecule has 0 fully saturated rings. The fourth-order valence-electron chi connectivity index (χ4n) is 3.45. The Hall–Kier alpha value is -1.96. The van der Waals surface area contributed by atoms with Crippen LogP contribution >= 0.6 is 34.8 Å². The maximum Gasteiger partial charge on any atom is 0.341 e. The molecule has 1 heterocycles. The van der Waals surface area contributed by atoms with Crippen molar-refractivity contribution in [1.29, 1.82) is 0 Å². The van der Waals surface area contributed by atoms with E-state index in [1.807, 2.05) is 40.7 Å². The number of nitrogens with one attached hydrogen (secondary N) is 1. The summed E-state index contributed by atoms with van der Waals surface area (Å²) in [5.41, 5.74) is 2.63. The van der Waals surface area contributed by atoms with Crippen LogP contribution in [-0.4, -0.2) is 34.3 Å². The fraction of sp³-hybridized carbons (Fsp3) is 0.522. The van der Waals surface area contributed by atoms with Crippen molar-refractivity contribution in [1.82, 2.24) is 0 Å². The third-order valence-corrected chi connectivity index (χ3v) is 5.49. The molecule has 0 bridgehead atoms. The van der Waals surface area contributed by atoms with Crippen LogP contribution in [0.15, 0.2) is 11.6 Å². The molecule has 33 heavy (non-hydrogen) atoms. The summed E-state index contributed by atoms with van der Waals surface area (Å²) in [6.45, 7) is 9.18. The molecule has 7 nitrogen and oxygen atoms in total. The number of ether oxygens (including phenoxy) is 3. The van der Waals surface area contributed by atoms with Crippen LogP contribution in [0, 0.1) is 6.92 Å². The highest BCUT2D eigenvalue weighted by atomic mass is 35.6. The van der Waals surface area contributed by atoms with Gasteiger partial charge >= 0.3 is 11.9 Å². The lowest BCUT2D eigenvalue weighted by Gasteiger charge is -2.21. The Morgan fingerprint density at radius 2 is 1.82 bits per heavy atom. The van der Waals surface area contributed by atoms with Gasteiger partial charge < -0.3 is 19.5 Å². The number of carbonyl (C=O) groups is 3. The molecule has 1 aliphatic rings. The van der Waals surface area contributed by atoms with Crippen molar-refractivity contribution in [3.05, 3.63) is 33.9 Å². The van der Waals surface area contributed by atoms with E-state index in [2.05, 4.69) is 5.32 Å². The zero-order valence-corrected chi connectivity index (χ0v) is 21.8. The number of halogens is 3. The monoisotopic (exact) mass is 519 g/mol. The molecule has 0 unspecified atom stereocenters. The third-order valence-electron chi connectivity index (χ3n) is 4.97. The van der Waals surface area contributed by atoms with Gasteiger partial charge in [-0.15, -0.1) is 0 Å². The van der Waals surface area contributed by atoms with Gasteiger partial charge in [-0.05, 0) is 53.0 Å². The summed E-state index contributed by atoms with van der Waals surface area (Å²) < 4.78 is 13.9. The average molecular weight is 521 g/mol. The number of cyclic esters (lactones) is 1. The van der Waals surface area contributed by atoms with Crippen LogP contribution < -0.4 is 10.1 Å². The maximum absolute atomic E-state index is 12.5. The maximum atomic E-state index is 12.5. The molecule has 0 atom stereocenters. The summed E-state index contributed by atoms with van der Waals surface area (Å²) in [5, 5.41) is 2.56. The Morgan fingerprint density at radius 1 is 1.18 bits per heavy atom. The standard InChI is InChI=1S/C23H28Cl3NO6/c1-12(8-10-16(28)33-22(3,4)5)7-9-14-18(27-21(30)23(24,25)26)17-15(11-32-20(17)29)13(2)19(14)31-6/h7H,8-11H2,1-6H3,(H,27,30). The molecule has 0 saturated carbocycles. The number of hydrogen-bond acceptors (Lipinski definition) is 6. The summed E-state index contributed by atoms with van der Waals surface area (Å²) >= 11 is 17.2. The van der Waals surface area contributed by atoms with Gasteiger partial charge in [0, 0.05) is 17.5 Å². The van der Waals surface area contributed by atoms with Crippen molar-refractivity contribution in [3.63, 3.8) is 0 Å². The molecule has 1 aromatic rings. The first kappa shape index (κ1) is 27.3. The number of carbonyl (C=O) groups excluding carboxylic acids is 3. The van der Waals surface area contributed by atoms with Gasteiger partial charge in [0.1, 0.15) is 18.0 Å². The molecular formula is C23H28Cl3NO6. The molecule has 0 radical (unpaired) electrons. The number of anilines is 1. The predicted molar refractivity (Wildman–Crippen MR) is 128 cm³/mol. The molecule has 0 saturated heterocycles. The van der Waals surface area contributed by atoms with Crippen molar-refractivity contribution in [2.45, 2.75) is 69.9 Å². The van der Waals surface area contributed by atoms with Gasteiger partial charge in [-0.1, -0.05) is 46.5 Å². The van der Waals surface area contributed by atoms with Gasteiger partial charge in [0.15, 0.2) is 0 Å². The summed E-state index contributed by atoms with van der Waals surface area (Å²) in [4.78, 5) is 36.9. The van der Waals surface area contributed by atoms with Crippen LogP contribution in [-0.2, 0) is 32.1 Å². The predicted octanol–water partition coefficient (Wildman–Crippen LogP) is 5.59. The Labute approximate surface area is 208 Å². The first-order valence-electron chi connectivity index (χ1n) is 10.3. The second kappa shape index (κ2) is 10.5. The number of allylic oxidation sites excluding steroid dienone is 2. The van der Waals surface area contributed by atoms with Gasteiger partial charge in [0.05, 0.1) is 18.4 Å². The molecule has 1 aliphatic heterocycles.